The number of ether oxygens (including phenoxy) is 1. The zero-order valence-corrected chi connectivity index (χ0v) is 33.3. The quantitative estimate of drug-likeness (QED) is 0.0436. The molecule has 0 saturated carbocycles. The molecule has 0 radical (unpaired) electrons. The lowest BCUT2D eigenvalue weighted by Crippen LogP contribution is -2.38. The molecule has 0 fully saturated rings. The predicted octanol–water partition coefficient (Wildman–Crippen LogP) is 11.3. The molecule has 0 aromatic rings. The van der Waals surface area contributed by atoms with Gasteiger partial charge < -0.3 is 25.0 Å². The molecule has 0 aliphatic carbocycles. The zero-order chi connectivity index (χ0) is 36.0. The third-order valence-corrected chi connectivity index (χ3v) is 10.3. The Morgan fingerprint density at radius 1 is 0.531 bits per heavy atom. The molecule has 0 aromatic heterocycles. The van der Waals surface area contributed by atoms with Crippen molar-refractivity contribution in [2.45, 2.75) is 232 Å². The van der Waals surface area contributed by atoms with Crippen LogP contribution < -0.4 is 0 Å². The van der Waals surface area contributed by atoms with Crippen LogP contribution in [0.4, 0.5) is 0 Å². The maximum Gasteiger partial charge on any atom is 0.306 e. The summed E-state index contributed by atoms with van der Waals surface area (Å²) >= 11 is 0. The van der Waals surface area contributed by atoms with E-state index in [9.17, 15) is 20.1 Å². The number of aliphatic hydroxyl groups is 3. The summed E-state index contributed by atoms with van der Waals surface area (Å²) in [5.41, 5.74) is 0. The van der Waals surface area contributed by atoms with E-state index in [4.69, 9.17) is 4.74 Å². The summed E-state index contributed by atoms with van der Waals surface area (Å²) < 4.78 is 6.02. The smallest absolute Gasteiger partial charge is 0.306 e. The largest absolute Gasteiger partial charge is 0.462 e. The summed E-state index contributed by atoms with van der Waals surface area (Å²) in [6.45, 7) is 9.14. The van der Waals surface area contributed by atoms with E-state index in [-0.39, 0.29) is 37.3 Å². The molecule has 0 amide bonds. The second kappa shape index (κ2) is 38.5. The van der Waals surface area contributed by atoms with Gasteiger partial charge in [0.2, 0.25) is 0 Å². The molecule has 0 bridgehead atoms. The minimum atomic E-state index is -0.357. The van der Waals surface area contributed by atoms with Crippen LogP contribution in [0.1, 0.15) is 220 Å². The number of unbranched alkanes of at least 4 members (excludes halogenated alkanes) is 21. The molecule has 2 atom stereocenters. The van der Waals surface area contributed by atoms with Crippen molar-refractivity contribution in [3.63, 3.8) is 0 Å². The van der Waals surface area contributed by atoms with E-state index in [0.29, 0.717) is 19.4 Å². The number of carbonyl (C=O) groups excluding carboxylic acids is 1. The third kappa shape index (κ3) is 34.2. The van der Waals surface area contributed by atoms with E-state index in [1.807, 2.05) is 0 Å². The van der Waals surface area contributed by atoms with Gasteiger partial charge in [-0.3, -0.25) is 4.79 Å². The minimum Gasteiger partial charge on any atom is -0.462 e. The van der Waals surface area contributed by atoms with Crippen molar-refractivity contribution in [2.75, 3.05) is 32.8 Å². The summed E-state index contributed by atoms with van der Waals surface area (Å²) in [6, 6.07) is 0. The van der Waals surface area contributed by atoms with E-state index in [1.165, 1.54) is 122 Å². The molecular weight excluding hydrogens is 610 g/mol. The van der Waals surface area contributed by atoms with Crippen molar-refractivity contribution in [3.8, 4) is 0 Å². The maximum atomic E-state index is 12.8. The monoisotopic (exact) mass is 698 g/mol. The number of aliphatic hydroxyl groups excluding tert-OH is 3. The topological polar surface area (TPSA) is 90.2 Å². The first-order valence-electron chi connectivity index (χ1n) is 21.8. The highest BCUT2D eigenvalue weighted by atomic mass is 16.5. The molecule has 6 nitrogen and oxygen atoms in total. The van der Waals surface area contributed by atoms with Gasteiger partial charge in [0.05, 0.1) is 6.10 Å². The van der Waals surface area contributed by atoms with E-state index in [2.05, 4.69) is 25.7 Å². The lowest BCUT2D eigenvalue weighted by molar-refractivity contribution is -0.150. The molecule has 3 N–H and O–H groups in total. The maximum absolute atomic E-state index is 12.8. The number of hydrogen-bond donors (Lipinski definition) is 3. The molecular formula is C43H87NO5. The van der Waals surface area contributed by atoms with Crippen LogP contribution in [0, 0.1) is 5.92 Å². The van der Waals surface area contributed by atoms with Gasteiger partial charge in [0.1, 0.15) is 6.10 Å². The predicted molar refractivity (Wildman–Crippen MR) is 210 cm³/mol. The summed E-state index contributed by atoms with van der Waals surface area (Å²) in [5, 5.41) is 30.3. The van der Waals surface area contributed by atoms with Crippen LogP contribution in [-0.4, -0.2) is 71.2 Å². The Bertz CT molecular complexity index is 646. The molecule has 0 aliphatic heterocycles. The van der Waals surface area contributed by atoms with Crippen molar-refractivity contribution >= 4 is 5.97 Å². The van der Waals surface area contributed by atoms with Gasteiger partial charge in [-0.25, -0.2) is 0 Å². The summed E-state index contributed by atoms with van der Waals surface area (Å²) in [6.07, 6.45) is 35.6. The van der Waals surface area contributed by atoms with Gasteiger partial charge in [-0.15, -0.1) is 0 Å². The highest BCUT2D eigenvalue weighted by Gasteiger charge is 2.18. The minimum absolute atomic E-state index is 0.0350. The first kappa shape index (κ1) is 48.3. The Kier molecular flexibility index (Phi) is 38.0. The van der Waals surface area contributed by atoms with Gasteiger partial charge in [-0.05, 0) is 57.3 Å². The Balaban J connectivity index is 4.39. The average Bonchev–Trinajstić information content (AvgIpc) is 3.09. The number of carbonyl (C=O) groups is 1. The molecule has 0 aromatic carbocycles. The molecule has 0 spiro atoms. The van der Waals surface area contributed by atoms with Crippen molar-refractivity contribution in [1.82, 2.24) is 4.90 Å². The SMILES string of the molecule is CCCCCCCCCCCCC(O)CN(CCCO)CC(CO)CCCCCC(=O)OC(CCCCCCCC)CCCCCCCC. The lowest BCUT2D eigenvalue weighted by atomic mass is 10.00. The molecule has 6 heteroatoms. The zero-order valence-electron chi connectivity index (χ0n) is 33.3. The highest BCUT2D eigenvalue weighted by molar-refractivity contribution is 5.69. The van der Waals surface area contributed by atoms with Crippen LogP contribution in [0.3, 0.4) is 0 Å². The molecule has 2 unspecified atom stereocenters. The molecule has 0 heterocycles. The molecule has 0 saturated heterocycles. The Hall–Kier alpha value is -0.690. The van der Waals surface area contributed by atoms with Crippen LogP contribution in [0.2, 0.25) is 0 Å². The van der Waals surface area contributed by atoms with Crippen LogP contribution in [-0.2, 0) is 9.53 Å². The van der Waals surface area contributed by atoms with Gasteiger partial charge in [0, 0.05) is 39.3 Å². The fraction of sp³-hybridized carbons (Fsp3) is 0.977. The Morgan fingerprint density at radius 2 is 0.959 bits per heavy atom. The van der Waals surface area contributed by atoms with Gasteiger partial charge in [-0.2, -0.15) is 0 Å². The first-order valence-corrected chi connectivity index (χ1v) is 21.8. The van der Waals surface area contributed by atoms with Crippen LogP contribution in [0.5, 0.6) is 0 Å². The molecule has 49 heavy (non-hydrogen) atoms. The average molecular weight is 698 g/mol. The standard InChI is InChI=1S/C43H87NO5/c1-4-7-10-13-16-17-18-19-20-25-31-41(47)38-44(35-29-36-45)37-40(39-46)30-24-23-28-34-43(48)49-42(32-26-21-14-11-8-5-2)33-27-22-15-12-9-6-3/h40-42,45-47H,4-39H2,1-3H3. The summed E-state index contributed by atoms with van der Waals surface area (Å²) in [5.74, 6) is 0.112. The van der Waals surface area contributed by atoms with Crippen LogP contribution >= 0.6 is 0 Å². The second-order valence-corrected chi connectivity index (χ2v) is 15.3. The fourth-order valence-corrected chi connectivity index (χ4v) is 7.10. The Morgan fingerprint density at radius 3 is 1.43 bits per heavy atom. The van der Waals surface area contributed by atoms with E-state index >= 15 is 0 Å². The first-order chi connectivity index (χ1) is 24.0. The van der Waals surface area contributed by atoms with Crippen LogP contribution in [0.15, 0.2) is 0 Å². The molecule has 0 aliphatic rings. The Labute approximate surface area is 305 Å². The van der Waals surface area contributed by atoms with Crippen LogP contribution in [0.25, 0.3) is 0 Å². The summed E-state index contributed by atoms with van der Waals surface area (Å²) in [7, 11) is 0. The van der Waals surface area contributed by atoms with Gasteiger partial charge in [-0.1, -0.05) is 162 Å². The van der Waals surface area contributed by atoms with E-state index in [1.54, 1.807) is 0 Å². The van der Waals surface area contributed by atoms with Gasteiger partial charge in [0.25, 0.3) is 0 Å². The van der Waals surface area contributed by atoms with Gasteiger partial charge >= 0.3 is 5.97 Å². The second-order valence-electron chi connectivity index (χ2n) is 15.3. The number of esters is 1. The summed E-state index contributed by atoms with van der Waals surface area (Å²) in [4.78, 5) is 15.0. The van der Waals surface area contributed by atoms with Gasteiger partial charge in [0.15, 0.2) is 0 Å². The number of rotatable bonds is 40. The number of hydrogen-bond acceptors (Lipinski definition) is 6. The lowest BCUT2D eigenvalue weighted by Gasteiger charge is -2.28. The normalized spacial score (nSPS) is 13.1. The van der Waals surface area contributed by atoms with Crippen molar-refractivity contribution in [3.05, 3.63) is 0 Å². The fourth-order valence-electron chi connectivity index (χ4n) is 7.10. The van der Waals surface area contributed by atoms with Crippen molar-refractivity contribution in [1.29, 1.82) is 0 Å². The third-order valence-electron chi connectivity index (χ3n) is 10.3. The van der Waals surface area contributed by atoms with Crippen molar-refractivity contribution in [2.24, 2.45) is 5.92 Å². The highest BCUT2D eigenvalue weighted by Crippen LogP contribution is 2.19. The molecule has 0 rings (SSSR count). The van der Waals surface area contributed by atoms with E-state index in [0.717, 1.165) is 77.3 Å². The number of nitrogens with zero attached hydrogens (tertiary/aromatic N) is 1. The molecule has 294 valence electrons. The van der Waals surface area contributed by atoms with E-state index < -0.39 is 0 Å². The van der Waals surface area contributed by atoms with Crippen molar-refractivity contribution < 1.29 is 24.9 Å².